The Morgan fingerprint density at radius 2 is 1.59 bits per heavy atom. The number of para-hydroxylation sites is 1. The van der Waals surface area contributed by atoms with Crippen LogP contribution in [0.3, 0.4) is 0 Å². The van der Waals surface area contributed by atoms with Crippen LogP contribution in [0.2, 0.25) is 0 Å². The zero-order valence-corrected chi connectivity index (χ0v) is 16.9. The summed E-state index contributed by atoms with van der Waals surface area (Å²) in [6, 6.07) is 14.7. The second-order valence-electron chi connectivity index (χ2n) is 7.04. The lowest BCUT2D eigenvalue weighted by atomic mass is 10.1. The predicted octanol–water partition coefficient (Wildman–Crippen LogP) is 2.47. The molecule has 0 aliphatic carbocycles. The third kappa shape index (κ3) is 4.29. The Morgan fingerprint density at radius 1 is 0.966 bits per heavy atom. The van der Waals surface area contributed by atoms with Crippen LogP contribution in [0.15, 0.2) is 53.3 Å². The molecule has 0 fully saturated rings. The molecule has 0 saturated heterocycles. The zero-order valence-electron chi connectivity index (χ0n) is 16.9. The highest BCUT2D eigenvalue weighted by Crippen LogP contribution is 2.14. The molecule has 0 aliphatic rings. The summed E-state index contributed by atoms with van der Waals surface area (Å²) < 4.78 is 3.17. The lowest BCUT2D eigenvalue weighted by Gasteiger charge is -2.08. The van der Waals surface area contributed by atoms with Crippen molar-refractivity contribution in [2.45, 2.75) is 20.8 Å². The molecule has 1 aromatic heterocycles. The lowest BCUT2D eigenvalue weighted by molar-refractivity contribution is -0.115. The van der Waals surface area contributed by atoms with Crippen molar-refractivity contribution in [2.75, 3.05) is 11.9 Å². The SMILES string of the molecule is Cc1cc(C)cc(C(=O)NCC(=O)Nc2c(C)n(C)n(-c3ccccc3)c2=O)c1. The van der Waals surface area contributed by atoms with Gasteiger partial charge in [0, 0.05) is 12.6 Å². The van der Waals surface area contributed by atoms with Crippen LogP contribution >= 0.6 is 0 Å². The van der Waals surface area contributed by atoms with E-state index in [1.54, 1.807) is 30.8 Å². The lowest BCUT2D eigenvalue weighted by Crippen LogP contribution is -2.34. The Balaban J connectivity index is 1.73. The van der Waals surface area contributed by atoms with Gasteiger partial charge in [-0.15, -0.1) is 0 Å². The molecule has 150 valence electrons. The minimum absolute atomic E-state index is 0.196. The van der Waals surface area contributed by atoms with Crippen molar-refractivity contribution in [3.63, 3.8) is 0 Å². The van der Waals surface area contributed by atoms with Gasteiger partial charge in [-0.3, -0.25) is 19.1 Å². The summed E-state index contributed by atoms with van der Waals surface area (Å²) in [7, 11) is 1.75. The number of aryl methyl sites for hydroxylation is 2. The number of aromatic nitrogens is 2. The minimum atomic E-state index is -0.464. The van der Waals surface area contributed by atoms with E-state index < -0.39 is 5.91 Å². The summed E-state index contributed by atoms with van der Waals surface area (Å²) in [5.74, 6) is -0.799. The fraction of sp³-hybridized carbons (Fsp3) is 0.227. The standard InChI is InChI=1S/C22H24N4O3/c1-14-10-15(2)12-17(11-14)21(28)23-13-19(27)24-20-16(3)25(4)26(22(20)29)18-8-6-5-7-9-18/h5-12H,13H2,1-4H3,(H,23,28)(H,24,27). The van der Waals surface area contributed by atoms with Crippen LogP contribution in [-0.2, 0) is 11.8 Å². The maximum absolute atomic E-state index is 12.8. The molecule has 0 saturated carbocycles. The van der Waals surface area contributed by atoms with Crippen LogP contribution in [0, 0.1) is 20.8 Å². The Bertz CT molecular complexity index is 1110. The second-order valence-corrected chi connectivity index (χ2v) is 7.04. The third-order valence-corrected chi connectivity index (χ3v) is 4.71. The second kappa shape index (κ2) is 8.18. The molecule has 7 heteroatoms. The molecule has 7 nitrogen and oxygen atoms in total. The number of rotatable bonds is 5. The summed E-state index contributed by atoms with van der Waals surface area (Å²) in [6.45, 7) is 5.34. The van der Waals surface area contributed by atoms with Crippen LogP contribution < -0.4 is 16.2 Å². The first-order valence-electron chi connectivity index (χ1n) is 9.28. The van der Waals surface area contributed by atoms with Crippen LogP contribution in [0.5, 0.6) is 0 Å². The van der Waals surface area contributed by atoms with Crippen LogP contribution in [0.4, 0.5) is 5.69 Å². The molecule has 0 atom stereocenters. The number of nitrogens with one attached hydrogen (secondary N) is 2. The first-order chi connectivity index (χ1) is 13.8. The van der Waals surface area contributed by atoms with Gasteiger partial charge >= 0.3 is 0 Å². The van der Waals surface area contributed by atoms with Gasteiger partial charge in [0.2, 0.25) is 5.91 Å². The van der Waals surface area contributed by atoms with Gasteiger partial charge in [0.25, 0.3) is 11.5 Å². The summed E-state index contributed by atoms with van der Waals surface area (Å²) in [6.07, 6.45) is 0. The third-order valence-electron chi connectivity index (χ3n) is 4.71. The van der Waals surface area contributed by atoms with Gasteiger partial charge in [0.15, 0.2) is 0 Å². The summed E-state index contributed by atoms with van der Waals surface area (Å²) >= 11 is 0. The number of carbonyl (C=O) groups excluding carboxylic acids is 2. The van der Waals surface area contributed by atoms with Gasteiger partial charge in [-0.1, -0.05) is 35.4 Å². The molecule has 0 spiro atoms. The Labute approximate surface area is 169 Å². The topological polar surface area (TPSA) is 85.1 Å². The van der Waals surface area contributed by atoms with Gasteiger partial charge in [-0.25, -0.2) is 4.68 Å². The van der Waals surface area contributed by atoms with Crippen molar-refractivity contribution in [3.8, 4) is 5.69 Å². The summed E-state index contributed by atoms with van der Waals surface area (Å²) in [5, 5.41) is 5.23. The molecule has 0 bridgehead atoms. The number of benzene rings is 2. The highest BCUT2D eigenvalue weighted by atomic mass is 16.2. The molecular formula is C22H24N4O3. The van der Waals surface area contributed by atoms with E-state index in [1.165, 1.54) is 4.68 Å². The summed E-state index contributed by atoms with van der Waals surface area (Å²) in [5.41, 5.74) is 3.63. The van der Waals surface area contributed by atoms with Crippen LogP contribution in [0.25, 0.3) is 5.69 Å². The van der Waals surface area contributed by atoms with E-state index in [0.29, 0.717) is 16.9 Å². The van der Waals surface area contributed by atoms with Gasteiger partial charge in [0.05, 0.1) is 17.9 Å². The number of amides is 2. The maximum atomic E-state index is 12.8. The van der Waals surface area contributed by atoms with E-state index in [1.807, 2.05) is 50.2 Å². The quantitative estimate of drug-likeness (QED) is 0.700. The predicted molar refractivity (Wildman–Crippen MR) is 113 cm³/mol. The normalized spacial score (nSPS) is 10.6. The highest BCUT2D eigenvalue weighted by molar-refractivity contribution is 5.99. The van der Waals surface area contributed by atoms with E-state index in [-0.39, 0.29) is 23.7 Å². The van der Waals surface area contributed by atoms with Crippen molar-refractivity contribution in [1.29, 1.82) is 0 Å². The fourth-order valence-corrected chi connectivity index (χ4v) is 3.26. The molecule has 3 rings (SSSR count). The molecule has 0 unspecified atom stereocenters. The van der Waals surface area contributed by atoms with Crippen molar-refractivity contribution < 1.29 is 9.59 Å². The molecule has 3 aromatic rings. The van der Waals surface area contributed by atoms with Crippen LogP contribution in [0.1, 0.15) is 27.2 Å². The number of nitrogens with zero attached hydrogens (tertiary/aromatic N) is 2. The molecule has 1 heterocycles. The molecular weight excluding hydrogens is 368 g/mol. The zero-order chi connectivity index (χ0) is 21.1. The number of hydrogen-bond acceptors (Lipinski definition) is 3. The number of anilines is 1. The van der Waals surface area contributed by atoms with E-state index in [9.17, 15) is 14.4 Å². The first kappa shape index (κ1) is 20.1. The number of carbonyl (C=O) groups is 2. The minimum Gasteiger partial charge on any atom is -0.343 e. The van der Waals surface area contributed by atoms with Crippen molar-refractivity contribution in [3.05, 3.63) is 81.3 Å². The summed E-state index contributed by atoms with van der Waals surface area (Å²) in [4.78, 5) is 37.5. The number of hydrogen-bond donors (Lipinski definition) is 2. The van der Waals surface area contributed by atoms with E-state index in [2.05, 4.69) is 10.6 Å². The van der Waals surface area contributed by atoms with Gasteiger partial charge in [0.1, 0.15) is 5.69 Å². The molecule has 0 aliphatic heterocycles. The maximum Gasteiger partial charge on any atom is 0.295 e. The van der Waals surface area contributed by atoms with Crippen molar-refractivity contribution in [2.24, 2.45) is 7.05 Å². The van der Waals surface area contributed by atoms with Gasteiger partial charge in [-0.2, -0.15) is 0 Å². The Hall–Kier alpha value is -3.61. The first-order valence-corrected chi connectivity index (χ1v) is 9.28. The molecule has 0 radical (unpaired) electrons. The average molecular weight is 392 g/mol. The van der Waals surface area contributed by atoms with Crippen molar-refractivity contribution >= 4 is 17.5 Å². The highest BCUT2D eigenvalue weighted by Gasteiger charge is 2.18. The van der Waals surface area contributed by atoms with Crippen LogP contribution in [-0.4, -0.2) is 27.7 Å². The van der Waals surface area contributed by atoms with E-state index >= 15 is 0 Å². The Morgan fingerprint density at radius 3 is 2.21 bits per heavy atom. The monoisotopic (exact) mass is 392 g/mol. The van der Waals surface area contributed by atoms with Crippen molar-refractivity contribution in [1.82, 2.24) is 14.7 Å². The van der Waals surface area contributed by atoms with Gasteiger partial charge in [-0.05, 0) is 45.0 Å². The fourth-order valence-electron chi connectivity index (χ4n) is 3.26. The molecule has 2 aromatic carbocycles. The Kier molecular flexibility index (Phi) is 5.68. The van der Waals surface area contributed by atoms with E-state index in [0.717, 1.165) is 11.1 Å². The smallest absolute Gasteiger partial charge is 0.295 e. The largest absolute Gasteiger partial charge is 0.343 e. The molecule has 2 N–H and O–H groups in total. The molecule has 29 heavy (non-hydrogen) atoms. The molecule has 2 amide bonds. The average Bonchev–Trinajstić information content (AvgIpc) is 2.89. The van der Waals surface area contributed by atoms with Gasteiger partial charge < -0.3 is 10.6 Å². The van der Waals surface area contributed by atoms with E-state index in [4.69, 9.17) is 0 Å².